The lowest BCUT2D eigenvalue weighted by atomic mass is 9.90. The van der Waals surface area contributed by atoms with Gasteiger partial charge < -0.3 is 4.90 Å². The van der Waals surface area contributed by atoms with Crippen LogP contribution in [0.4, 0.5) is 4.79 Å². The average molecular weight is 378 g/mol. The number of rotatable bonds is 4. The summed E-state index contributed by atoms with van der Waals surface area (Å²) in [5.74, 6) is 0.431. The Kier molecular flexibility index (Phi) is 5.75. The molecular formula is C18H23N3O2S2. The van der Waals surface area contributed by atoms with Gasteiger partial charge in [-0.05, 0) is 55.2 Å². The predicted octanol–water partition coefficient (Wildman–Crippen LogP) is 3.81. The smallest absolute Gasteiger partial charge is 0.319 e. The normalized spacial score (nSPS) is 16.2. The van der Waals surface area contributed by atoms with Crippen molar-refractivity contribution in [2.45, 2.75) is 39.7 Å². The Morgan fingerprint density at radius 3 is 2.92 bits per heavy atom. The summed E-state index contributed by atoms with van der Waals surface area (Å²) in [5.41, 5.74) is 6.36. The first kappa shape index (κ1) is 17.9. The summed E-state index contributed by atoms with van der Waals surface area (Å²) in [7, 11) is 0. The van der Waals surface area contributed by atoms with Crippen molar-refractivity contribution in [1.29, 1.82) is 0 Å². The van der Waals surface area contributed by atoms with Crippen molar-refractivity contribution in [3.05, 3.63) is 43.8 Å². The minimum atomic E-state index is -0.292. The maximum Gasteiger partial charge on any atom is 0.336 e. The molecule has 0 saturated carbocycles. The van der Waals surface area contributed by atoms with Crippen LogP contribution in [0.5, 0.6) is 0 Å². The van der Waals surface area contributed by atoms with E-state index < -0.39 is 0 Å². The Balaban J connectivity index is 1.55. The molecule has 0 radical (unpaired) electrons. The first-order valence-electron chi connectivity index (χ1n) is 8.56. The Morgan fingerprint density at radius 2 is 2.20 bits per heavy atom. The number of urea groups is 1. The summed E-state index contributed by atoms with van der Waals surface area (Å²) in [5, 5.41) is 1.99. The quantitative estimate of drug-likeness (QED) is 0.796. The van der Waals surface area contributed by atoms with Crippen molar-refractivity contribution in [1.82, 2.24) is 15.8 Å². The highest BCUT2D eigenvalue weighted by atomic mass is 32.1. The van der Waals surface area contributed by atoms with Gasteiger partial charge in [-0.2, -0.15) is 0 Å². The highest BCUT2D eigenvalue weighted by Crippen LogP contribution is 2.32. The zero-order valence-corrected chi connectivity index (χ0v) is 16.1. The Labute approximate surface area is 156 Å². The first-order chi connectivity index (χ1) is 12.1. The fourth-order valence-corrected chi connectivity index (χ4v) is 4.81. The van der Waals surface area contributed by atoms with Crippen molar-refractivity contribution in [3.8, 4) is 0 Å². The number of hydrogen-bond donors (Lipinski definition) is 2. The molecule has 7 heteroatoms. The van der Waals surface area contributed by atoms with Crippen molar-refractivity contribution in [2.75, 3.05) is 6.54 Å². The topological polar surface area (TPSA) is 61.4 Å². The Morgan fingerprint density at radius 1 is 1.36 bits per heavy atom. The molecule has 0 fully saturated rings. The van der Waals surface area contributed by atoms with Gasteiger partial charge in [0, 0.05) is 16.3 Å². The van der Waals surface area contributed by atoms with Gasteiger partial charge in [-0.15, -0.1) is 22.7 Å². The molecule has 0 spiro atoms. The second-order valence-electron chi connectivity index (χ2n) is 6.38. The van der Waals surface area contributed by atoms with E-state index in [1.807, 2.05) is 30.5 Å². The molecule has 0 bridgehead atoms. The molecular weight excluding hydrogens is 354 g/mol. The van der Waals surface area contributed by atoms with Crippen molar-refractivity contribution < 1.29 is 9.59 Å². The third-order valence-electron chi connectivity index (χ3n) is 4.43. The number of nitrogens with zero attached hydrogens (tertiary/aromatic N) is 1. The van der Waals surface area contributed by atoms with Crippen LogP contribution in [0, 0.1) is 5.92 Å². The van der Waals surface area contributed by atoms with E-state index >= 15 is 0 Å². The van der Waals surface area contributed by atoms with E-state index in [-0.39, 0.29) is 11.9 Å². The monoisotopic (exact) mass is 377 g/mol. The van der Waals surface area contributed by atoms with Crippen LogP contribution in [0.2, 0.25) is 0 Å². The molecule has 1 aliphatic carbocycles. The molecule has 0 aliphatic heterocycles. The largest absolute Gasteiger partial charge is 0.336 e. The highest BCUT2D eigenvalue weighted by molar-refractivity contribution is 7.14. The maximum atomic E-state index is 12.3. The van der Waals surface area contributed by atoms with Gasteiger partial charge in [0.1, 0.15) is 0 Å². The highest BCUT2D eigenvalue weighted by Gasteiger charge is 2.21. The summed E-state index contributed by atoms with van der Waals surface area (Å²) >= 11 is 3.15. The fourth-order valence-electron chi connectivity index (χ4n) is 2.99. The third-order valence-corrected chi connectivity index (χ3v) is 6.53. The molecule has 0 unspecified atom stereocenters. The summed E-state index contributed by atoms with van der Waals surface area (Å²) in [4.78, 5) is 29.4. The molecule has 1 atom stereocenters. The van der Waals surface area contributed by atoms with Gasteiger partial charge in [-0.1, -0.05) is 13.0 Å². The van der Waals surface area contributed by atoms with E-state index in [9.17, 15) is 9.59 Å². The minimum Gasteiger partial charge on any atom is -0.319 e. The number of amides is 3. The molecule has 5 nitrogen and oxygen atoms in total. The zero-order chi connectivity index (χ0) is 17.8. The number of thiophene rings is 2. The zero-order valence-electron chi connectivity index (χ0n) is 14.5. The summed E-state index contributed by atoms with van der Waals surface area (Å²) < 4.78 is 0. The van der Waals surface area contributed by atoms with Gasteiger partial charge in [-0.25, -0.2) is 10.2 Å². The van der Waals surface area contributed by atoms with E-state index in [1.54, 1.807) is 16.2 Å². The lowest BCUT2D eigenvalue weighted by molar-refractivity contribution is 0.0933. The molecule has 134 valence electrons. The fraction of sp³-hybridized carbons (Fsp3) is 0.444. The van der Waals surface area contributed by atoms with E-state index in [4.69, 9.17) is 0 Å². The van der Waals surface area contributed by atoms with Crippen LogP contribution in [0.25, 0.3) is 0 Å². The standard InChI is InChI=1S/C18H23N3O2S2/c1-3-21(11-14-5-4-8-24-14)18(23)20-19-17(22)16-10-13-9-12(2)6-7-15(13)25-16/h4-5,8,10,12H,3,6-7,9,11H2,1-2H3,(H,19,22)(H,20,23)/t12-/m1/s1. The summed E-state index contributed by atoms with van der Waals surface area (Å²) in [6.45, 7) is 5.28. The lowest BCUT2D eigenvalue weighted by Gasteiger charge is -2.20. The van der Waals surface area contributed by atoms with E-state index in [1.165, 1.54) is 28.2 Å². The van der Waals surface area contributed by atoms with Crippen molar-refractivity contribution >= 4 is 34.6 Å². The Hall–Kier alpha value is -1.86. The molecule has 2 aromatic heterocycles. The van der Waals surface area contributed by atoms with Gasteiger partial charge in [0.15, 0.2) is 0 Å². The summed E-state index contributed by atoms with van der Waals surface area (Å²) in [6, 6.07) is 5.64. The molecule has 0 saturated heterocycles. The number of nitrogens with one attached hydrogen (secondary N) is 2. The number of carbonyl (C=O) groups is 2. The molecule has 2 N–H and O–H groups in total. The third kappa shape index (κ3) is 4.41. The molecule has 0 aromatic carbocycles. The molecule has 3 amide bonds. The number of carbonyl (C=O) groups excluding carboxylic acids is 2. The van der Waals surface area contributed by atoms with Gasteiger partial charge in [0.05, 0.1) is 11.4 Å². The predicted molar refractivity (Wildman–Crippen MR) is 102 cm³/mol. The van der Waals surface area contributed by atoms with Crippen LogP contribution in [-0.4, -0.2) is 23.4 Å². The maximum absolute atomic E-state index is 12.3. The van der Waals surface area contributed by atoms with Gasteiger partial charge in [-0.3, -0.25) is 10.2 Å². The van der Waals surface area contributed by atoms with Crippen molar-refractivity contribution in [2.24, 2.45) is 5.92 Å². The van der Waals surface area contributed by atoms with Crippen molar-refractivity contribution in [3.63, 3.8) is 0 Å². The second kappa shape index (κ2) is 8.01. The number of hydrogen-bond acceptors (Lipinski definition) is 4. The van der Waals surface area contributed by atoms with Crippen LogP contribution in [0.3, 0.4) is 0 Å². The van der Waals surface area contributed by atoms with E-state index in [0.717, 1.165) is 17.7 Å². The van der Waals surface area contributed by atoms with Crippen LogP contribution in [-0.2, 0) is 19.4 Å². The van der Waals surface area contributed by atoms with Crippen LogP contribution >= 0.6 is 22.7 Å². The molecule has 1 aliphatic rings. The first-order valence-corrected chi connectivity index (χ1v) is 10.3. The van der Waals surface area contributed by atoms with Gasteiger partial charge in [0.25, 0.3) is 5.91 Å². The number of fused-ring (bicyclic) bond motifs is 1. The number of hydrazine groups is 1. The summed E-state index contributed by atoms with van der Waals surface area (Å²) in [6.07, 6.45) is 3.26. The molecule has 3 rings (SSSR count). The van der Waals surface area contributed by atoms with E-state index in [0.29, 0.717) is 23.9 Å². The SMILES string of the molecule is CCN(Cc1cccs1)C(=O)NNC(=O)c1cc2c(s1)CC[C@@H](C)C2. The van der Waals surface area contributed by atoms with E-state index in [2.05, 4.69) is 17.8 Å². The Bertz CT molecular complexity index is 740. The molecule has 25 heavy (non-hydrogen) atoms. The average Bonchev–Trinajstić information content (AvgIpc) is 3.26. The van der Waals surface area contributed by atoms with Crippen LogP contribution in [0.1, 0.15) is 45.3 Å². The van der Waals surface area contributed by atoms with Crippen LogP contribution < -0.4 is 10.9 Å². The van der Waals surface area contributed by atoms with Crippen LogP contribution in [0.15, 0.2) is 23.6 Å². The van der Waals surface area contributed by atoms with Gasteiger partial charge in [0.2, 0.25) is 0 Å². The second-order valence-corrected chi connectivity index (χ2v) is 8.55. The molecule has 2 heterocycles. The minimum absolute atomic E-state index is 0.243. The lowest BCUT2D eigenvalue weighted by Crippen LogP contribution is -2.48. The number of aryl methyl sites for hydroxylation is 1. The molecule has 2 aromatic rings. The van der Waals surface area contributed by atoms with Gasteiger partial charge >= 0.3 is 6.03 Å².